The standard InChI is InChI=1S/C7H8N4/c1-6-5-8-10-7(6)11-4-2-3-9-11/h2-5H,1H3,(H,8,10). The molecule has 0 aromatic carbocycles. The summed E-state index contributed by atoms with van der Waals surface area (Å²) in [6.07, 6.45) is 5.39. The number of aryl methyl sites for hydroxylation is 1. The smallest absolute Gasteiger partial charge is 0.152 e. The molecule has 0 amide bonds. The largest absolute Gasteiger partial charge is 0.261 e. The van der Waals surface area contributed by atoms with Gasteiger partial charge in [0.05, 0.1) is 6.20 Å². The van der Waals surface area contributed by atoms with Crippen molar-refractivity contribution in [1.82, 2.24) is 20.0 Å². The molecule has 0 aliphatic carbocycles. The lowest BCUT2D eigenvalue weighted by Crippen LogP contribution is -1.96. The minimum atomic E-state index is 0.926. The zero-order valence-corrected chi connectivity index (χ0v) is 6.15. The fourth-order valence-electron chi connectivity index (χ4n) is 0.973. The van der Waals surface area contributed by atoms with Crippen molar-refractivity contribution >= 4 is 0 Å². The normalized spacial score (nSPS) is 10.3. The molecule has 1 N–H and O–H groups in total. The second-order valence-corrected chi connectivity index (χ2v) is 2.35. The maximum absolute atomic E-state index is 4.06. The minimum Gasteiger partial charge on any atom is -0.261 e. The predicted molar refractivity (Wildman–Crippen MR) is 40.4 cm³/mol. The van der Waals surface area contributed by atoms with Gasteiger partial charge in [-0.15, -0.1) is 0 Å². The molecule has 0 saturated carbocycles. The van der Waals surface area contributed by atoms with Crippen LogP contribution in [0.5, 0.6) is 0 Å². The van der Waals surface area contributed by atoms with E-state index in [2.05, 4.69) is 15.3 Å². The summed E-state index contributed by atoms with van der Waals surface area (Å²) < 4.78 is 1.75. The maximum Gasteiger partial charge on any atom is 0.152 e. The highest BCUT2D eigenvalue weighted by Gasteiger charge is 2.00. The number of aromatic nitrogens is 4. The van der Waals surface area contributed by atoms with Crippen LogP contribution in [0.1, 0.15) is 5.56 Å². The molecule has 2 rings (SSSR count). The molecular weight excluding hydrogens is 140 g/mol. The van der Waals surface area contributed by atoms with Crippen molar-refractivity contribution < 1.29 is 0 Å². The van der Waals surface area contributed by atoms with Crippen LogP contribution in [0.25, 0.3) is 5.82 Å². The van der Waals surface area contributed by atoms with Crippen LogP contribution < -0.4 is 0 Å². The average molecular weight is 148 g/mol. The zero-order valence-electron chi connectivity index (χ0n) is 6.15. The fourth-order valence-corrected chi connectivity index (χ4v) is 0.973. The highest BCUT2D eigenvalue weighted by Crippen LogP contribution is 2.06. The Labute approximate surface area is 63.9 Å². The van der Waals surface area contributed by atoms with Crippen LogP contribution in [0.3, 0.4) is 0 Å². The van der Waals surface area contributed by atoms with Crippen LogP contribution in [-0.2, 0) is 0 Å². The lowest BCUT2D eigenvalue weighted by Gasteiger charge is -1.95. The first-order valence-electron chi connectivity index (χ1n) is 3.38. The molecule has 0 atom stereocenters. The van der Waals surface area contributed by atoms with E-state index in [0.717, 1.165) is 11.4 Å². The van der Waals surface area contributed by atoms with E-state index < -0.39 is 0 Å². The number of nitrogens with one attached hydrogen (secondary N) is 1. The van der Waals surface area contributed by atoms with Crippen molar-refractivity contribution in [2.75, 3.05) is 0 Å². The number of rotatable bonds is 1. The van der Waals surface area contributed by atoms with Crippen LogP contribution in [0.2, 0.25) is 0 Å². The van der Waals surface area contributed by atoms with E-state index in [1.165, 1.54) is 0 Å². The molecule has 4 nitrogen and oxygen atoms in total. The van der Waals surface area contributed by atoms with Gasteiger partial charge in [0.1, 0.15) is 0 Å². The molecule has 0 aliphatic rings. The van der Waals surface area contributed by atoms with E-state index in [9.17, 15) is 0 Å². The summed E-state index contributed by atoms with van der Waals surface area (Å²) >= 11 is 0. The van der Waals surface area contributed by atoms with Crippen molar-refractivity contribution in [2.45, 2.75) is 6.92 Å². The Kier molecular flexibility index (Phi) is 1.25. The quantitative estimate of drug-likeness (QED) is 0.653. The van der Waals surface area contributed by atoms with Crippen LogP contribution in [0, 0.1) is 6.92 Å². The highest BCUT2D eigenvalue weighted by atomic mass is 15.3. The topological polar surface area (TPSA) is 46.5 Å². The van der Waals surface area contributed by atoms with Crippen molar-refractivity contribution in [3.05, 3.63) is 30.2 Å². The summed E-state index contributed by atoms with van der Waals surface area (Å²) in [4.78, 5) is 0. The van der Waals surface area contributed by atoms with Crippen LogP contribution in [-0.4, -0.2) is 20.0 Å². The van der Waals surface area contributed by atoms with Crippen molar-refractivity contribution in [3.8, 4) is 5.82 Å². The molecule has 0 saturated heterocycles. The van der Waals surface area contributed by atoms with Crippen molar-refractivity contribution in [1.29, 1.82) is 0 Å². The molecule has 56 valence electrons. The van der Waals surface area contributed by atoms with Gasteiger partial charge in [-0.1, -0.05) is 0 Å². The Bertz CT molecular complexity index is 333. The molecular formula is C7H8N4. The first kappa shape index (κ1) is 6.15. The molecule has 0 radical (unpaired) electrons. The summed E-state index contributed by atoms with van der Waals surface area (Å²) in [7, 11) is 0. The summed E-state index contributed by atoms with van der Waals surface area (Å²) in [5.74, 6) is 0.926. The van der Waals surface area contributed by atoms with Gasteiger partial charge in [-0.2, -0.15) is 10.2 Å². The van der Waals surface area contributed by atoms with Gasteiger partial charge in [0.2, 0.25) is 0 Å². The maximum atomic E-state index is 4.06. The first-order valence-corrected chi connectivity index (χ1v) is 3.38. The van der Waals surface area contributed by atoms with E-state index in [4.69, 9.17) is 0 Å². The molecule has 11 heavy (non-hydrogen) atoms. The van der Waals surface area contributed by atoms with E-state index in [1.807, 2.05) is 19.2 Å². The predicted octanol–water partition coefficient (Wildman–Crippen LogP) is 0.904. The second-order valence-electron chi connectivity index (χ2n) is 2.35. The third-order valence-corrected chi connectivity index (χ3v) is 1.54. The van der Waals surface area contributed by atoms with Gasteiger partial charge < -0.3 is 0 Å². The summed E-state index contributed by atoms with van der Waals surface area (Å²) in [6.45, 7) is 1.99. The van der Waals surface area contributed by atoms with E-state index in [-0.39, 0.29) is 0 Å². The molecule has 0 spiro atoms. The Morgan fingerprint density at radius 2 is 2.45 bits per heavy atom. The van der Waals surface area contributed by atoms with Gasteiger partial charge in [-0.25, -0.2) is 4.68 Å². The van der Waals surface area contributed by atoms with Crippen molar-refractivity contribution in [3.63, 3.8) is 0 Å². The summed E-state index contributed by atoms with van der Waals surface area (Å²) in [5.41, 5.74) is 1.09. The van der Waals surface area contributed by atoms with E-state index in [0.29, 0.717) is 0 Å². The van der Waals surface area contributed by atoms with Crippen LogP contribution >= 0.6 is 0 Å². The van der Waals surface area contributed by atoms with Gasteiger partial charge in [0.15, 0.2) is 5.82 Å². The Morgan fingerprint density at radius 1 is 1.55 bits per heavy atom. The molecule has 0 aliphatic heterocycles. The Morgan fingerprint density at radius 3 is 3.00 bits per heavy atom. The average Bonchev–Trinajstić information content (AvgIpc) is 2.55. The summed E-state index contributed by atoms with van der Waals surface area (Å²) in [6, 6.07) is 1.88. The SMILES string of the molecule is Cc1cn[nH]c1-n1cccn1. The second kappa shape index (κ2) is 2.23. The Hall–Kier alpha value is -1.58. The third kappa shape index (κ3) is 0.920. The molecule has 0 fully saturated rings. The number of aromatic amines is 1. The molecule has 4 heteroatoms. The first-order chi connectivity index (χ1) is 5.38. The van der Waals surface area contributed by atoms with Gasteiger partial charge in [0, 0.05) is 18.0 Å². The monoisotopic (exact) mass is 148 g/mol. The van der Waals surface area contributed by atoms with Gasteiger partial charge in [0.25, 0.3) is 0 Å². The lowest BCUT2D eigenvalue weighted by atomic mass is 10.4. The number of hydrogen-bond donors (Lipinski definition) is 1. The number of hydrogen-bond acceptors (Lipinski definition) is 2. The summed E-state index contributed by atoms with van der Waals surface area (Å²) in [5, 5.41) is 10.8. The van der Waals surface area contributed by atoms with E-state index in [1.54, 1.807) is 17.1 Å². The van der Waals surface area contributed by atoms with Gasteiger partial charge >= 0.3 is 0 Å². The highest BCUT2D eigenvalue weighted by molar-refractivity contribution is 5.28. The Balaban J connectivity index is 2.53. The van der Waals surface area contributed by atoms with Crippen LogP contribution in [0.4, 0.5) is 0 Å². The molecule has 2 aromatic rings. The molecule has 2 aromatic heterocycles. The lowest BCUT2D eigenvalue weighted by molar-refractivity contribution is 0.831. The zero-order chi connectivity index (χ0) is 7.68. The van der Waals surface area contributed by atoms with Gasteiger partial charge in [-0.3, -0.25) is 5.10 Å². The number of H-pyrrole nitrogens is 1. The third-order valence-electron chi connectivity index (χ3n) is 1.54. The fraction of sp³-hybridized carbons (Fsp3) is 0.143. The van der Waals surface area contributed by atoms with Crippen molar-refractivity contribution in [2.24, 2.45) is 0 Å². The number of nitrogens with zero attached hydrogens (tertiary/aromatic N) is 3. The molecule has 0 bridgehead atoms. The van der Waals surface area contributed by atoms with Gasteiger partial charge in [-0.05, 0) is 13.0 Å². The van der Waals surface area contributed by atoms with E-state index >= 15 is 0 Å². The molecule has 2 heterocycles. The molecule has 0 unspecified atom stereocenters. The minimum absolute atomic E-state index is 0.926. The van der Waals surface area contributed by atoms with Crippen LogP contribution in [0.15, 0.2) is 24.7 Å².